The van der Waals surface area contributed by atoms with E-state index in [1.807, 2.05) is 0 Å². The third-order valence-corrected chi connectivity index (χ3v) is 1.71. The Kier molecular flexibility index (Phi) is 9.60. The van der Waals surface area contributed by atoms with E-state index in [9.17, 15) is 9.59 Å². The molecule has 19 heavy (non-hydrogen) atoms. The van der Waals surface area contributed by atoms with Gasteiger partial charge in [-0.25, -0.2) is 9.59 Å². The van der Waals surface area contributed by atoms with Gasteiger partial charge < -0.3 is 14.2 Å². The quantitative estimate of drug-likeness (QED) is 0.721. The van der Waals surface area contributed by atoms with Gasteiger partial charge in [0, 0.05) is 13.2 Å². The highest BCUT2D eigenvalue weighted by Gasteiger charge is 2.06. The molecule has 1 heterocycles. The molecule has 7 nitrogen and oxygen atoms in total. The Morgan fingerprint density at radius 1 is 0.895 bits per heavy atom. The van der Waals surface area contributed by atoms with E-state index in [0.717, 1.165) is 13.2 Å². The number of hydrogen-bond donors (Lipinski definition) is 0. The van der Waals surface area contributed by atoms with Crippen LogP contribution in [-0.2, 0) is 14.2 Å². The predicted molar refractivity (Wildman–Crippen MR) is 68.1 cm³/mol. The van der Waals surface area contributed by atoms with Crippen molar-refractivity contribution in [2.24, 2.45) is 10.2 Å². The highest BCUT2D eigenvalue weighted by atomic mass is 16.6. The van der Waals surface area contributed by atoms with Crippen molar-refractivity contribution in [3.05, 3.63) is 0 Å². The molecule has 1 fully saturated rings. The molecule has 1 aliphatic heterocycles. The van der Waals surface area contributed by atoms with Crippen LogP contribution >= 0.6 is 0 Å². The summed E-state index contributed by atoms with van der Waals surface area (Å²) in [4.78, 5) is 21.5. The summed E-state index contributed by atoms with van der Waals surface area (Å²) in [5.74, 6) is 0. The highest BCUT2D eigenvalue weighted by molar-refractivity contribution is 5.73. The van der Waals surface area contributed by atoms with Crippen molar-refractivity contribution in [1.29, 1.82) is 0 Å². The zero-order valence-corrected chi connectivity index (χ0v) is 11.9. The average Bonchev–Trinajstić information content (AvgIpc) is 2.83. The fourth-order valence-electron chi connectivity index (χ4n) is 1.04. The fraction of sp³-hybridized carbons (Fsp3) is 0.833. The van der Waals surface area contributed by atoms with Crippen LogP contribution in [0.2, 0.25) is 0 Å². The molecule has 0 aromatic heterocycles. The molecule has 0 aromatic carbocycles. The van der Waals surface area contributed by atoms with E-state index in [4.69, 9.17) is 4.74 Å². The summed E-state index contributed by atoms with van der Waals surface area (Å²) < 4.78 is 14.1. The minimum atomic E-state index is -0.902. The van der Waals surface area contributed by atoms with Crippen LogP contribution in [0.25, 0.3) is 0 Å². The molecule has 1 saturated heterocycles. The number of azo groups is 1. The normalized spacial score (nSPS) is 14.4. The summed E-state index contributed by atoms with van der Waals surface area (Å²) in [7, 11) is 0. The average molecular weight is 274 g/mol. The van der Waals surface area contributed by atoms with Crippen molar-refractivity contribution in [2.45, 2.75) is 52.7 Å². The summed E-state index contributed by atoms with van der Waals surface area (Å²) in [6.45, 7) is 8.67. The van der Waals surface area contributed by atoms with Crippen molar-refractivity contribution in [1.82, 2.24) is 0 Å². The molecule has 7 heteroatoms. The number of ether oxygens (including phenoxy) is 3. The number of nitrogens with zero attached hydrogens (tertiary/aromatic N) is 2. The van der Waals surface area contributed by atoms with E-state index in [0.29, 0.717) is 0 Å². The van der Waals surface area contributed by atoms with Crippen LogP contribution in [0.5, 0.6) is 0 Å². The van der Waals surface area contributed by atoms with Gasteiger partial charge in [-0.1, -0.05) is 10.2 Å². The van der Waals surface area contributed by atoms with Gasteiger partial charge in [-0.15, -0.1) is 0 Å². The lowest BCUT2D eigenvalue weighted by molar-refractivity contribution is 0.115. The summed E-state index contributed by atoms with van der Waals surface area (Å²) in [5.41, 5.74) is 0. The summed E-state index contributed by atoms with van der Waals surface area (Å²) in [5, 5.41) is 6.01. The van der Waals surface area contributed by atoms with E-state index < -0.39 is 12.2 Å². The number of amides is 2. The third kappa shape index (κ3) is 12.7. The van der Waals surface area contributed by atoms with Crippen LogP contribution in [0.3, 0.4) is 0 Å². The molecular formula is C12H22N2O5. The Bertz CT molecular complexity index is 267. The van der Waals surface area contributed by atoms with E-state index >= 15 is 0 Å². The first-order chi connectivity index (χ1) is 8.91. The molecule has 0 bridgehead atoms. The van der Waals surface area contributed by atoms with Crippen molar-refractivity contribution in [2.75, 3.05) is 13.2 Å². The Morgan fingerprint density at radius 3 is 1.47 bits per heavy atom. The Balaban J connectivity index is 0.000000532. The zero-order valence-electron chi connectivity index (χ0n) is 11.9. The van der Waals surface area contributed by atoms with Gasteiger partial charge in [0.05, 0.1) is 12.2 Å². The van der Waals surface area contributed by atoms with E-state index in [-0.39, 0.29) is 12.2 Å². The minimum Gasteiger partial charge on any atom is -0.444 e. The van der Waals surface area contributed by atoms with Crippen LogP contribution < -0.4 is 0 Å². The maximum atomic E-state index is 10.8. The van der Waals surface area contributed by atoms with Crippen LogP contribution in [0, 0.1) is 0 Å². The lowest BCUT2D eigenvalue weighted by Gasteiger charge is -2.03. The molecule has 110 valence electrons. The third-order valence-electron chi connectivity index (χ3n) is 1.71. The molecule has 2 amide bonds. The molecule has 0 N–H and O–H groups in total. The molecule has 0 aromatic rings. The zero-order chi connectivity index (χ0) is 14.7. The van der Waals surface area contributed by atoms with Gasteiger partial charge >= 0.3 is 12.2 Å². The minimum absolute atomic E-state index is 0.289. The molecule has 1 aliphatic rings. The second-order valence-electron chi connectivity index (χ2n) is 4.38. The van der Waals surface area contributed by atoms with Crippen LogP contribution in [-0.4, -0.2) is 37.6 Å². The van der Waals surface area contributed by atoms with Gasteiger partial charge in [-0.2, -0.15) is 0 Å². The summed E-state index contributed by atoms with van der Waals surface area (Å²) in [6.07, 6.45) is 0.173. The molecule has 0 aliphatic carbocycles. The predicted octanol–water partition coefficient (Wildman–Crippen LogP) is 3.33. The summed E-state index contributed by atoms with van der Waals surface area (Å²) >= 11 is 0. The van der Waals surface area contributed by atoms with E-state index in [1.165, 1.54) is 12.8 Å². The van der Waals surface area contributed by atoms with Crippen molar-refractivity contribution in [3.8, 4) is 0 Å². The topological polar surface area (TPSA) is 86.5 Å². The van der Waals surface area contributed by atoms with Crippen LogP contribution in [0.4, 0.5) is 9.59 Å². The van der Waals surface area contributed by atoms with Crippen LogP contribution in [0.1, 0.15) is 40.5 Å². The monoisotopic (exact) mass is 274 g/mol. The largest absolute Gasteiger partial charge is 0.452 e. The van der Waals surface area contributed by atoms with Gasteiger partial charge in [0.1, 0.15) is 0 Å². The van der Waals surface area contributed by atoms with Gasteiger partial charge in [-0.3, -0.25) is 0 Å². The maximum absolute atomic E-state index is 10.8. The van der Waals surface area contributed by atoms with Crippen molar-refractivity contribution < 1.29 is 23.8 Å². The first-order valence-electron chi connectivity index (χ1n) is 6.32. The van der Waals surface area contributed by atoms with Gasteiger partial charge in [0.2, 0.25) is 0 Å². The molecule has 0 saturated carbocycles. The van der Waals surface area contributed by atoms with Gasteiger partial charge in [-0.05, 0) is 40.5 Å². The highest BCUT2D eigenvalue weighted by Crippen LogP contribution is 1.98. The molecular weight excluding hydrogens is 252 g/mol. The van der Waals surface area contributed by atoms with Crippen molar-refractivity contribution in [3.63, 3.8) is 0 Å². The first kappa shape index (κ1) is 17.5. The SMILES string of the molecule is C1CCOC1.CC(C)OC(=O)N=NC(=O)OC(C)C. The smallest absolute Gasteiger partial charge is 0.444 e. The summed E-state index contributed by atoms with van der Waals surface area (Å²) in [6, 6.07) is 0. The molecule has 0 radical (unpaired) electrons. The molecule has 1 rings (SSSR count). The Hall–Kier alpha value is -1.50. The van der Waals surface area contributed by atoms with Gasteiger partial charge in [0.15, 0.2) is 0 Å². The lowest BCUT2D eigenvalue weighted by atomic mass is 10.4. The van der Waals surface area contributed by atoms with E-state index in [1.54, 1.807) is 27.7 Å². The second kappa shape index (κ2) is 10.4. The number of carbonyl (C=O) groups is 2. The number of carbonyl (C=O) groups excluding carboxylic acids is 2. The Morgan fingerprint density at radius 2 is 1.26 bits per heavy atom. The van der Waals surface area contributed by atoms with E-state index in [2.05, 4.69) is 19.7 Å². The second-order valence-corrected chi connectivity index (χ2v) is 4.38. The fourth-order valence-corrected chi connectivity index (χ4v) is 1.04. The van der Waals surface area contributed by atoms with Gasteiger partial charge in [0.25, 0.3) is 0 Å². The van der Waals surface area contributed by atoms with Crippen LogP contribution in [0.15, 0.2) is 10.2 Å². The lowest BCUT2D eigenvalue weighted by Crippen LogP contribution is -2.09. The maximum Gasteiger partial charge on any atom is 0.452 e. The number of hydrogen-bond acceptors (Lipinski definition) is 5. The molecule has 0 atom stereocenters. The first-order valence-corrected chi connectivity index (χ1v) is 6.32. The molecule has 0 unspecified atom stereocenters. The Labute approximate surface area is 113 Å². The standard InChI is InChI=1S/C8H14N2O4.C4H8O/c1-5(2)13-7(11)9-10-8(12)14-6(3)4;1-2-4-5-3-1/h5-6H,1-4H3;1-4H2. The number of rotatable bonds is 2. The molecule has 0 spiro atoms. The van der Waals surface area contributed by atoms with Crippen molar-refractivity contribution >= 4 is 12.2 Å².